The topological polar surface area (TPSA) is 86.3 Å². The molecule has 1 aromatic heterocycles. The summed E-state index contributed by atoms with van der Waals surface area (Å²) in [6.45, 7) is 2.22. The molecule has 1 heterocycles. The van der Waals surface area contributed by atoms with Crippen molar-refractivity contribution < 1.29 is 9.90 Å². The summed E-state index contributed by atoms with van der Waals surface area (Å²) in [4.78, 5) is 30.2. The summed E-state index contributed by atoms with van der Waals surface area (Å²) in [6.07, 6.45) is 0.655. The number of carboxylic acid groups (broad SMARTS) is 1. The highest BCUT2D eigenvalue weighted by atomic mass is 16.4. The van der Waals surface area contributed by atoms with Crippen LogP contribution in [0.15, 0.2) is 10.9 Å². The molecular weight excluding hydrogens is 210 g/mol. The Labute approximate surface area is 92.9 Å². The molecule has 0 saturated carbocycles. The third-order valence-corrected chi connectivity index (χ3v) is 2.16. The number of carboxylic acids is 1. The highest BCUT2D eigenvalue weighted by Gasteiger charge is 2.07. The normalized spacial score (nSPS) is 10.1. The van der Waals surface area contributed by atoms with E-state index in [9.17, 15) is 9.59 Å². The first kappa shape index (κ1) is 12.2. The van der Waals surface area contributed by atoms with E-state index in [0.29, 0.717) is 24.6 Å². The Morgan fingerprint density at radius 3 is 2.88 bits per heavy atom. The lowest BCUT2D eigenvalue weighted by molar-refractivity contribution is -0.136. The molecule has 0 aliphatic carbocycles. The van der Waals surface area contributed by atoms with Gasteiger partial charge in [0, 0.05) is 26.1 Å². The molecule has 0 aliphatic rings. The van der Waals surface area contributed by atoms with Gasteiger partial charge in [-0.15, -0.1) is 0 Å². The maximum Gasteiger partial charge on any atom is 0.305 e. The number of hydrogen-bond donors (Lipinski definition) is 2. The van der Waals surface area contributed by atoms with E-state index in [2.05, 4.69) is 9.97 Å². The van der Waals surface area contributed by atoms with Gasteiger partial charge in [-0.1, -0.05) is 6.92 Å². The van der Waals surface area contributed by atoms with Crippen LogP contribution in [0, 0.1) is 0 Å². The monoisotopic (exact) mass is 225 g/mol. The van der Waals surface area contributed by atoms with Crippen LogP contribution in [0.1, 0.15) is 19.2 Å². The Morgan fingerprint density at radius 1 is 1.62 bits per heavy atom. The molecule has 1 rings (SSSR count). The minimum Gasteiger partial charge on any atom is -0.481 e. The first-order valence-electron chi connectivity index (χ1n) is 5.06. The smallest absolute Gasteiger partial charge is 0.305 e. The Bertz CT molecular complexity index is 428. The molecule has 0 fully saturated rings. The van der Waals surface area contributed by atoms with Crippen molar-refractivity contribution in [3.8, 4) is 0 Å². The van der Waals surface area contributed by atoms with Gasteiger partial charge in [0.2, 0.25) is 0 Å². The molecule has 0 bridgehead atoms. The summed E-state index contributed by atoms with van der Waals surface area (Å²) in [5, 5.41) is 8.55. The molecule has 0 aliphatic heterocycles. The second kappa shape index (κ2) is 5.29. The van der Waals surface area contributed by atoms with Crippen molar-refractivity contribution in [1.29, 1.82) is 0 Å². The molecule has 0 saturated heterocycles. The van der Waals surface area contributed by atoms with Crippen LogP contribution in [0.4, 0.5) is 5.82 Å². The predicted molar refractivity (Wildman–Crippen MR) is 59.8 cm³/mol. The summed E-state index contributed by atoms with van der Waals surface area (Å²) < 4.78 is 0. The quantitative estimate of drug-likeness (QED) is 0.749. The van der Waals surface area contributed by atoms with E-state index in [1.807, 2.05) is 6.92 Å². The predicted octanol–water partition coefficient (Wildman–Crippen LogP) is 0.243. The number of aromatic nitrogens is 2. The standard InChI is InChI=1S/C10H15N3O3/c1-3-7-11-8(6-9(14)12-7)13(2)5-4-10(15)16/h6H,3-5H2,1-2H3,(H,15,16)(H,11,12,14). The summed E-state index contributed by atoms with van der Waals surface area (Å²) in [6, 6.07) is 1.36. The number of aromatic amines is 1. The molecule has 0 unspecified atom stereocenters. The molecule has 88 valence electrons. The van der Waals surface area contributed by atoms with Crippen molar-refractivity contribution in [2.45, 2.75) is 19.8 Å². The average Bonchev–Trinajstić information content (AvgIpc) is 2.24. The second-order valence-corrected chi connectivity index (χ2v) is 3.47. The number of hydrogen-bond acceptors (Lipinski definition) is 4. The first-order chi connectivity index (χ1) is 7.52. The van der Waals surface area contributed by atoms with Crippen LogP contribution in [0.5, 0.6) is 0 Å². The van der Waals surface area contributed by atoms with Crippen LogP contribution in [0.25, 0.3) is 0 Å². The Kier molecular flexibility index (Phi) is 4.04. The Balaban J connectivity index is 2.82. The number of rotatable bonds is 5. The largest absolute Gasteiger partial charge is 0.481 e. The maximum atomic E-state index is 11.3. The van der Waals surface area contributed by atoms with Gasteiger partial charge in [-0.25, -0.2) is 4.98 Å². The first-order valence-corrected chi connectivity index (χ1v) is 5.06. The molecule has 0 atom stereocenters. The molecule has 0 amide bonds. The van der Waals surface area contributed by atoms with Gasteiger partial charge in [-0.3, -0.25) is 9.59 Å². The fourth-order valence-corrected chi connectivity index (χ4v) is 1.23. The van der Waals surface area contributed by atoms with Gasteiger partial charge in [-0.2, -0.15) is 0 Å². The fraction of sp³-hybridized carbons (Fsp3) is 0.500. The SMILES string of the molecule is CCc1nc(N(C)CCC(=O)O)cc(=O)[nH]1. The molecule has 2 N–H and O–H groups in total. The van der Waals surface area contributed by atoms with E-state index >= 15 is 0 Å². The summed E-state index contributed by atoms with van der Waals surface area (Å²) >= 11 is 0. The number of aliphatic carboxylic acids is 1. The average molecular weight is 225 g/mol. The molecule has 0 aromatic carbocycles. The minimum absolute atomic E-state index is 0.0203. The van der Waals surface area contributed by atoms with E-state index in [1.54, 1.807) is 11.9 Å². The van der Waals surface area contributed by atoms with Crippen molar-refractivity contribution in [2.75, 3.05) is 18.5 Å². The molecule has 16 heavy (non-hydrogen) atoms. The summed E-state index contributed by atoms with van der Waals surface area (Å²) in [7, 11) is 1.71. The van der Waals surface area contributed by atoms with Crippen LogP contribution < -0.4 is 10.5 Å². The van der Waals surface area contributed by atoms with Crippen LogP contribution in [0.3, 0.4) is 0 Å². The fourth-order valence-electron chi connectivity index (χ4n) is 1.23. The Morgan fingerprint density at radius 2 is 2.31 bits per heavy atom. The maximum absolute atomic E-state index is 11.3. The van der Waals surface area contributed by atoms with Gasteiger partial charge in [0.15, 0.2) is 0 Å². The third-order valence-electron chi connectivity index (χ3n) is 2.16. The van der Waals surface area contributed by atoms with Crippen molar-refractivity contribution in [2.24, 2.45) is 0 Å². The van der Waals surface area contributed by atoms with Crippen LogP contribution in [-0.2, 0) is 11.2 Å². The molecule has 1 aromatic rings. The van der Waals surface area contributed by atoms with E-state index < -0.39 is 5.97 Å². The van der Waals surface area contributed by atoms with Crippen molar-refractivity contribution in [3.63, 3.8) is 0 Å². The number of H-pyrrole nitrogens is 1. The number of nitrogens with zero attached hydrogens (tertiary/aromatic N) is 2. The molecule has 0 spiro atoms. The third kappa shape index (κ3) is 3.38. The van der Waals surface area contributed by atoms with E-state index in [4.69, 9.17) is 5.11 Å². The van der Waals surface area contributed by atoms with Crippen LogP contribution in [-0.4, -0.2) is 34.6 Å². The number of aryl methyl sites for hydroxylation is 1. The number of carbonyl (C=O) groups is 1. The van der Waals surface area contributed by atoms with Crippen LogP contribution in [0.2, 0.25) is 0 Å². The zero-order valence-corrected chi connectivity index (χ0v) is 9.36. The van der Waals surface area contributed by atoms with Crippen molar-refractivity contribution in [1.82, 2.24) is 9.97 Å². The highest BCUT2D eigenvalue weighted by Crippen LogP contribution is 2.06. The second-order valence-electron chi connectivity index (χ2n) is 3.47. The minimum atomic E-state index is -0.868. The van der Waals surface area contributed by atoms with Gasteiger partial charge >= 0.3 is 5.97 Å². The van der Waals surface area contributed by atoms with Gasteiger partial charge in [0.05, 0.1) is 6.42 Å². The van der Waals surface area contributed by atoms with Crippen molar-refractivity contribution in [3.05, 3.63) is 22.2 Å². The van der Waals surface area contributed by atoms with E-state index in [0.717, 1.165) is 0 Å². The highest BCUT2D eigenvalue weighted by molar-refractivity contribution is 5.67. The Hall–Kier alpha value is -1.85. The van der Waals surface area contributed by atoms with Gasteiger partial charge in [0.25, 0.3) is 5.56 Å². The van der Waals surface area contributed by atoms with Crippen molar-refractivity contribution >= 4 is 11.8 Å². The zero-order chi connectivity index (χ0) is 12.1. The molecule has 0 radical (unpaired) electrons. The van der Waals surface area contributed by atoms with E-state index in [-0.39, 0.29) is 12.0 Å². The zero-order valence-electron chi connectivity index (χ0n) is 9.36. The lowest BCUT2D eigenvalue weighted by atomic mass is 10.3. The molecule has 6 nitrogen and oxygen atoms in total. The molecule has 6 heteroatoms. The van der Waals surface area contributed by atoms with E-state index in [1.165, 1.54) is 6.07 Å². The lowest BCUT2D eigenvalue weighted by Gasteiger charge is -2.16. The number of anilines is 1. The van der Waals surface area contributed by atoms with Gasteiger partial charge in [0.1, 0.15) is 11.6 Å². The summed E-state index contributed by atoms with van der Waals surface area (Å²) in [5.41, 5.74) is -0.218. The van der Waals surface area contributed by atoms with Gasteiger partial charge in [-0.05, 0) is 0 Å². The number of nitrogens with one attached hydrogen (secondary N) is 1. The lowest BCUT2D eigenvalue weighted by Crippen LogP contribution is -2.24. The molecular formula is C10H15N3O3. The van der Waals surface area contributed by atoms with Crippen LogP contribution >= 0.6 is 0 Å². The summed E-state index contributed by atoms with van der Waals surface area (Å²) in [5.74, 6) is 0.235. The van der Waals surface area contributed by atoms with Gasteiger partial charge < -0.3 is 15.0 Å².